The van der Waals surface area contributed by atoms with E-state index in [1.165, 1.54) is 16.7 Å². The summed E-state index contributed by atoms with van der Waals surface area (Å²) in [5.74, 6) is 0.665. The second-order valence-electron chi connectivity index (χ2n) is 4.87. The Morgan fingerprint density at radius 1 is 0.895 bits per heavy atom. The maximum absolute atomic E-state index is 5.92. The fourth-order valence-electron chi connectivity index (χ4n) is 2.24. The summed E-state index contributed by atoms with van der Waals surface area (Å²) in [7, 11) is 0. The van der Waals surface area contributed by atoms with E-state index in [-0.39, 0.29) is 0 Å². The first-order chi connectivity index (χ1) is 9.28. The molecule has 0 radical (unpaired) electrons. The van der Waals surface area contributed by atoms with Gasteiger partial charge in [-0.25, -0.2) is 0 Å². The Kier molecular flexibility index (Phi) is 5.44. The Labute approximate surface area is 120 Å². The molecule has 2 aromatic carbocycles. The molecule has 0 spiro atoms. The zero-order valence-corrected chi connectivity index (χ0v) is 12.1. The fourth-order valence-corrected chi connectivity index (χ4v) is 2.48. The highest BCUT2D eigenvalue weighted by atomic mass is 35.5. The van der Waals surface area contributed by atoms with Gasteiger partial charge in [-0.15, -0.1) is 11.6 Å². The van der Waals surface area contributed by atoms with Gasteiger partial charge in [0.05, 0.1) is 0 Å². The van der Waals surface area contributed by atoms with E-state index in [1.807, 2.05) is 0 Å². The molecule has 1 nitrogen and oxygen atoms in total. The van der Waals surface area contributed by atoms with Crippen molar-refractivity contribution in [2.24, 2.45) is 0 Å². The van der Waals surface area contributed by atoms with Crippen molar-refractivity contribution in [2.45, 2.75) is 20.0 Å². The first kappa shape index (κ1) is 14.1. The predicted octanol–water partition coefficient (Wildman–Crippen LogP) is 4.24. The lowest BCUT2D eigenvalue weighted by Crippen LogP contribution is -2.24. The number of nitrogens with zero attached hydrogens (tertiary/aromatic N) is 1. The lowest BCUT2D eigenvalue weighted by molar-refractivity contribution is 0.273. The average molecular weight is 274 g/mol. The van der Waals surface area contributed by atoms with Gasteiger partial charge in [0.15, 0.2) is 0 Å². The number of hydrogen-bond acceptors (Lipinski definition) is 1. The van der Waals surface area contributed by atoms with Gasteiger partial charge < -0.3 is 0 Å². The molecule has 0 saturated carbocycles. The van der Waals surface area contributed by atoms with E-state index in [4.69, 9.17) is 11.6 Å². The Morgan fingerprint density at radius 3 is 2.26 bits per heavy atom. The Morgan fingerprint density at radius 2 is 1.58 bits per heavy atom. The van der Waals surface area contributed by atoms with Crippen LogP contribution in [0, 0.1) is 6.92 Å². The smallest absolute Gasteiger partial charge is 0.0351 e. The number of halogens is 1. The van der Waals surface area contributed by atoms with E-state index in [9.17, 15) is 0 Å². The Balaban J connectivity index is 2.04. The van der Waals surface area contributed by atoms with Crippen molar-refractivity contribution < 1.29 is 0 Å². The van der Waals surface area contributed by atoms with Crippen LogP contribution in [0.4, 0.5) is 0 Å². The van der Waals surface area contributed by atoms with Crippen molar-refractivity contribution in [3.8, 4) is 0 Å². The summed E-state index contributed by atoms with van der Waals surface area (Å²) < 4.78 is 0. The topological polar surface area (TPSA) is 3.24 Å². The lowest BCUT2D eigenvalue weighted by atomic mass is 10.1. The van der Waals surface area contributed by atoms with Crippen LogP contribution in [0.1, 0.15) is 16.7 Å². The van der Waals surface area contributed by atoms with E-state index in [0.29, 0.717) is 5.88 Å². The summed E-state index contributed by atoms with van der Waals surface area (Å²) in [6, 6.07) is 19.2. The van der Waals surface area contributed by atoms with Crippen LogP contribution in [-0.4, -0.2) is 17.3 Å². The molecular formula is C17H20ClN. The zero-order valence-electron chi connectivity index (χ0n) is 11.3. The lowest BCUT2D eigenvalue weighted by Gasteiger charge is -2.21. The van der Waals surface area contributed by atoms with Gasteiger partial charge in [-0.3, -0.25) is 4.90 Å². The molecule has 0 saturated heterocycles. The number of alkyl halides is 1. The average Bonchev–Trinajstić information content (AvgIpc) is 2.40. The van der Waals surface area contributed by atoms with Gasteiger partial charge in [-0.2, -0.15) is 0 Å². The molecule has 0 unspecified atom stereocenters. The van der Waals surface area contributed by atoms with E-state index < -0.39 is 0 Å². The van der Waals surface area contributed by atoms with E-state index in [1.54, 1.807) is 0 Å². The molecule has 0 atom stereocenters. The largest absolute Gasteiger partial charge is 0.294 e. The minimum absolute atomic E-state index is 0.665. The van der Waals surface area contributed by atoms with Crippen LogP contribution in [0.3, 0.4) is 0 Å². The minimum Gasteiger partial charge on any atom is -0.294 e. The van der Waals surface area contributed by atoms with Crippen molar-refractivity contribution in [2.75, 3.05) is 12.4 Å². The summed E-state index contributed by atoms with van der Waals surface area (Å²) in [6.45, 7) is 4.93. The summed E-state index contributed by atoms with van der Waals surface area (Å²) in [4.78, 5) is 2.39. The molecule has 0 fully saturated rings. The highest BCUT2D eigenvalue weighted by Crippen LogP contribution is 2.11. The second-order valence-corrected chi connectivity index (χ2v) is 5.25. The maximum atomic E-state index is 5.92. The molecule has 0 amide bonds. The SMILES string of the molecule is Cc1cccc(CN(CCCl)Cc2ccccc2)c1. The molecule has 19 heavy (non-hydrogen) atoms. The third kappa shape index (κ3) is 4.70. The molecule has 0 heterocycles. The first-order valence-electron chi connectivity index (χ1n) is 6.66. The predicted molar refractivity (Wildman–Crippen MR) is 82.5 cm³/mol. The maximum Gasteiger partial charge on any atom is 0.0351 e. The molecule has 0 aliphatic heterocycles. The molecule has 2 rings (SSSR count). The normalized spacial score (nSPS) is 10.9. The molecule has 0 aromatic heterocycles. The fraction of sp³-hybridized carbons (Fsp3) is 0.294. The number of benzene rings is 2. The molecule has 2 aromatic rings. The molecular weight excluding hydrogens is 254 g/mol. The number of aryl methyl sites for hydroxylation is 1. The summed E-state index contributed by atoms with van der Waals surface area (Å²) >= 11 is 5.92. The van der Waals surface area contributed by atoms with E-state index >= 15 is 0 Å². The monoisotopic (exact) mass is 273 g/mol. The molecule has 100 valence electrons. The van der Waals surface area contributed by atoms with Crippen molar-refractivity contribution in [1.29, 1.82) is 0 Å². The van der Waals surface area contributed by atoms with Crippen LogP contribution in [0.2, 0.25) is 0 Å². The van der Waals surface area contributed by atoms with Crippen molar-refractivity contribution in [3.63, 3.8) is 0 Å². The van der Waals surface area contributed by atoms with Gasteiger partial charge >= 0.3 is 0 Å². The Bertz CT molecular complexity index is 496. The van der Waals surface area contributed by atoms with Crippen LogP contribution in [-0.2, 0) is 13.1 Å². The van der Waals surface area contributed by atoms with Gasteiger partial charge in [-0.05, 0) is 18.1 Å². The highest BCUT2D eigenvalue weighted by Gasteiger charge is 2.06. The van der Waals surface area contributed by atoms with Crippen molar-refractivity contribution >= 4 is 11.6 Å². The molecule has 0 N–H and O–H groups in total. The summed E-state index contributed by atoms with van der Waals surface area (Å²) in [6.07, 6.45) is 0. The van der Waals surface area contributed by atoms with Gasteiger partial charge in [0.2, 0.25) is 0 Å². The minimum atomic E-state index is 0.665. The molecule has 2 heteroatoms. The van der Waals surface area contributed by atoms with Crippen LogP contribution >= 0.6 is 11.6 Å². The highest BCUT2D eigenvalue weighted by molar-refractivity contribution is 6.18. The second kappa shape index (κ2) is 7.32. The Hall–Kier alpha value is -1.31. The third-order valence-electron chi connectivity index (χ3n) is 3.14. The molecule has 0 bridgehead atoms. The van der Waals surface area contributed by atoms with Crippen LogP contribution in [0.15, 0.2) is 54.6 Å². The standard InChI is InChI=1S/C17H20ClN/c1-15-6-5-9-17(12-15)14-19(11-10-18)13-16-7-3-2-4-8-16/h2-9,12H,10-11,13-14H2,1H3. The van der Waals surface area contributed by atoms with Crippen LogP contribution in [0.25, 0.3) is 0 Å². The number of rotatable bonds is 6. The van der Waals surface area contributed by atoms with Crippen molar-refractivity contribution in [3.05, 3.63) is 71.3 Å². The molecule has 0 aliphatic carbocycles. The summed E-state index contributed by atoms with van der Waals surface area (Å²) in [5, 5.41) is 0. The molecule has 0 aliphatic rings. The first-order valence-corrected chi connectivity index (χ1v) is 7.19. The zero-order chi connectivity index (χ0) is 13.5. The van der Waals surface area contributed by atoms with Crippen LogP contribution in [0.5, 0.6) is 0 Å². The van der Waals surface area contributed by atoms with Gasteiger partial charge in [-0.1, -0.05) is 60.2 Å². The van der Waals surface area contributed by atoms with Crippen molar-refractivity contribution in [1.82, 2.24) is 4.90 Å². The van der Waals surface area contributed by atoms with Gasteiger partial charge in [0, 0.05) is 25.5 Å². The van der Waals surface area contributed by atoms with Gasteiger partial charge in [0.25, 0.3) is 0 Å². The van der Waals surface area contributed by atoms with E-state index in [2.05, 4.69) is 66.4 Å². The van der Waals surface area contributed by atoms with Crippen LogP contribution < -0.4 is 0 Å². The van der Waals surface area contributed by atoms with E-state index in [0.717, 1.165) is 19.6 Å². The summed E-state index contributed by atoms with van der Waals surface area (Å²) in [5.41, 5.74) is 3.99. The number of hydrogen-bond donors (Lipinski definition) is 0. The van der Waals surface area contributed by atoms with Gasteiger partial charge in [0.1, 0.15) is 0 Å². The quantitative estimate of drug-likeness (QED) is 0.712. The third-order valence-corrected chi connectivity index (χ3v) is 3.31.